The maximum Gasteiger partial charge on any atom is 0.460 e. The molecule has 1 N–H and O–H groups in total. The van der Waals surface area contributed by atoms with E-state index in [0.29, 0.717) is 6.42 Å². The first-order valence-electron chi connectivity index (χ1n) is 12.8. The molecular formula is C31H47O3P. The normalized spacial score (nSPS) is 15.5. The fraction of sp³-hybridized carbons (Fsp3) is 0.613. The van der Waals surface area contributed by atoms with Crippen LogP contribution in [0.2, 0.25) is 0 Å². The molecule has 0 bridgehead atoms. The molecular weight excluding hydrogens is 451 g/mol. The van der Waals surface area contributed by atoms with Crippen molar-refractivity contribution >= 4 is 8.60 Å². The highest BCUT2D eigenvalue weighted by Crippen LogP contribution is 2.51. The smallest absolute Gasteiger partial charge is 0.418 e. The number of hydrogen-bond donors (Lipinski definition) is 1. The Morgan fingerprint density at radius 3 is 1.17 bits per heavy atom. The van der Waals surface area contributed by atoms with Gasteiger partial charge in [0.15, 0.2) is 0 Å². The van der Waals surface area contributed by atoms with Crippen LogP contribution in [0.5, 0.6) is 11.5 Å². The predicted octanol–water partition coefficient (Wildman–Crippen LogP) is 9.07. The second kappa shape index (κ2) is 8.77. The first-order valence-corrected chi connectivity index (χ1v) is 14.0. The van der Waals surface area contributed by atoms with Gasteiger partial charge in [-0.05, 0) is 81.0 Å². The minimum absolute atomic E-state index is 0.0451. The Morgan fingerprint density at radius 2 is 0.914 bits per heavy atom. The van der Waals surface area contributed by atoms with E-state index in [1.807, 2.05) is 0 Å². The fourth-order valence-corrected chi connectivity index (χ4v) is 6.79. The van der Waals surface area contributed by atoms with Gasteiger partial charge in [0, 0.05) is 17.5 Å². The quantitative estimate of drug-likeness (QED) is 0.368. The van der Waals surface area contributed by atoms with Crippen LogP contribution in [0.3, 0.4) is 0 Å². The molecule has 2 aromatic rings. The van der Waals surface area contributed by atoms with E-state index in [0.717, 1.165) is 11.5 Å². The molecule has 1 heterocycles. The average Bonchev–Trinajstić information content (AvgIpc) is 2.60. The summed E-state index contributed by atoms with van der Waals surface area (Å²) >= 11 is 0. The van der Waals surface area contributed by atoms with Crippen molar-refractivity contribution < 1.29 is 13.9 Å². The van der Waals surface area contributed by atoms with E-state index in [-0.39, 0.29) is 21.7 Å². The first kappa shape index (κ1) is 28.0. The Hall–Kier alpha value is -1.57. The monoisotopic (exact) mass is 498 g/mol. The minimum Gasteiger partial charge on any atom is -0.418 e. The molecule has 0 saturated carbocycles. The number of benzene rings is 2. The van der Waals surface area contributed by atoms with E-state index in [1.54, 1.807) is 0 Å². The summed E-state index contributed by atoms with van der Waals surface area (Å²) in [5, 5.41) is 0. The molecule has 0 atom stereocenters. The van der Waals surface area contributed by atoms with Gasteiger partial charge in [-0.2, -0.15) is 0 Å². The van der Waals surface area contributed by atoms with Crippen LogP contribution < -0.4 is 9.05 Å². The number of hydrogen-bond acceptors (Lipinski definition) is 3. The molecule has 0 radical (unpaired) electrons. The zero-order chi connectivity index (χ0) is 26.9. The molecule has 3 nitrogen and oxygen atoms in total. The number of fused-ring (bicyclic) bond motifs is 2. The van der Waals surface area contributed by atoms with Gasteiger partial charge < -0.3 is 13.9 Å². The van der Waals surface area contributed by atoms with Gasteiger partial charge in [0.05, 0.1) is 0 Å². The van der Waals surface area contributed by atoms with Crippen molar-refractivity contribution in [1.29, 1.82) is 0 Å². The maximum absolute atomic E-state index is 11.0. The summed E-state index contributed by atoms with van der Waals surface area (Å²) in [7, 11) is -2.12. The van der Waals surface area contributed by atoms with Crippen molar-refractivity contribution in [1.82, 2.24) is 0 Å². The van der Waals surface area contributed by atoms with Crippen molar-refractivity contribution in [2.24, 2.45) is 0 Å². The molecule has 0 unspecified atom stereocenters. The average molecular weight is 499 g/mol. The van der Waals surface area contributed by atoms with Crippen LogP contribution in [-0.2, 0) is 28.1 Å². The molecule has 194 valence electrons. The molecule has 35 heavy (non-hydrogen) atoms. The second-order valence-electron chi connectivity index (χ2n) is 14.4. The standard InChI is InChI=1S/C31H47O3P/c1-18-22(28(3,4)5)16-24-20(26(18)30(9,10)11)15-21-25(34-35(32)33-24)17-23(29(6,7)8)19(2)27(21)31(12,13)14/h16-17,32H,15H2,1-14H3. The minimum atomic E-state index is -2.12. The van der Waals surface area contributed by atoms with Crippen LogP contribution in [0.1, 0.15) is 128 Å². The Kier molecular flexibility index (Phi) is 7.02. The second-order valence-corrected chi connectivity index (χ2v) is 15.2. The van der Waals surface area contributed by atoms with Crippen molar-refractivity contribution in [3.63, 3.8) is 0 Å². The van der Waals surface area contributed by atoms with E-state index in [9.17, 15) is 4.89 Å². The molecule has 0 aliphatic carbocycles. The van der Waals surface area contributed by atoms with Crippen molar-refractivity contribution in [3.8, 4) is 11.5 Å². The van der Waals surface area contributed by atoms with Gasteiger partial charge in [0.2, 0.25) is 0 Å². The molecule has 1 aliphatic heterocycles. The van der Waals surface area contributed by atoms with E-state index in [2.05, 4.69) is 109 Å². The first-order chi connectivity index (χ1) is 15.6. The third-order valence-corrected chi connectivity index (χ3v) is 7.84. The summed E-state index contributed by atoms with van der Waals surface area (Å²) in [5.41, 5.74) is 9.84. The summed E-state index contributed by atoms with van der Waals surface area (Å²) in [5.74, 6) is 1.50. The molecule has 0 saturated heterocycles. The van der Waals surface area contributed by atoms with Crippen LogP contribution in [0.25, 0.3) is 0 Å². The fourth-order valence-electron chi connectivity index (χ4n) is 6.09. The van der Waals surface area contributed by atoms with Gasteiger partial charge in [0.1, 0.15) is 11.5 Å². The summed E-state index contributed by atoms with van der Waals surface area (Å²) in [6, 6.07) is 4.29. The molecule has 1 aliphatic rings. The van der Waals surface area contributed by atoms with Crippen molar-refractivity contribution in [2.45, 2.75) is 125 Å². The van der Waals surface area contributed by atoms with Gasteiger partial charge in [-0.3, -0.25) is 0 Å². The van der Waals surface area contributed by atoms with Crippen LogP contribution >= 0.6 is 8.60 Å². The molecule has 0 aromatic heterocycles. The van der Waals surface area contributed by atoms with E-state index >= 15 is 0 Å². The van der Waals surface area contributed by atoms with Gasteiger partial charge in [0.25, 0.3) is 0 Å². The lowest BCUT2D eigenvalue weighted by Crippen LogP contribution is -2.25. The van der Waals surface area contributed by atoms with Crippen LogP contribution in [-0.4, -0.2) is 4.89 Å². The Bertz CT molecular complexity index is 1040. The molecule has 4 heteroatoms. The van der Waals surface area contributed by atoms with Gasteiger partial charge in [-0.25, -0.2) is 0 Å². The maximum atomic E-state index is 11.0. The zero-order valence-electron chi connectivity index (χ0n) is 24.6. The van der Waals surface area contributed by atoms with Crippen LogP contribution in [0, 0.1) is 13.8 Å². The summed E-state index contributed by atoms with van der Waals surface area (Å²) in [6.45, 7) is 31.6. The van der Waals surface area contributed by atoms with Crippen molar-refractivity contribution in [3.05, 3.63) is 56.6 Å². The summed E-state index contributed by atoms with van der Waals surface area (Å²) in [6.07, 6.45) is 0.712. The predicted molar refractivity (Wildman–Crippen MR) is 150 cm³/mol. The zero-order valence-corrected chi connectivity index (χ0v) is 25.5. The van der Waals surface area contributed by atoms with Gasteiger partial charge in [-0.15, -0.1) is 0 Å². The summed E-state index contributed by atoms with van der Waals surface area (Å²) in [4.78, 5) is 11.0. The highest BCUT2D eigenvalue weighted by molar-refractivity contribution is 7.41. The largest absolute Gasteiger partial charge is 0.460 e. The number of rotatable bonds is 0. The van der Waals surface area contributed by atoms with E-state index in [4.69, 9.17) is 9.05 Å². The van der Waals surface area contributed by atoms with Gasteiger partial charge >= 0.3 is 8.60 Å². The lowest BCUT2D eigenvalue weighted by molar-refractivity contribution is 0.370. The van der Waals surface area contributed by atoms with Crippen LogP contribution in [0.4, 0.5) is 0 Å². The molecule has 2 aromatic carbocycles. The highest BCUT2D eigenvalue weighted by atomic mass is 31.2. The molecule has 3 rings (SSSR count). The Balaban J connectivity index is 2.48. The molecule has 0 fully saturated rings. The summed E-state index contributed by atoms with van der Waals surface area (Å²) < 4.78 is 12.4. The third kappa shape index (κ3) is 5.42. The molecule has 0 amide bonds. The Morgan fingerprint density at radius 1 is 0.600 bits per heavy atom. The lowest BCUT2D eigenvalue weighted by Gasteiger charge is -2.36. The van der Waals surface area contributed by atoms with E-state index in [1.165, 1.54) is 44.5 Å². The lowest BCUT2D eigenvalue weighted by atomic mass is 9.71. The third-order valence-electron chi connectivity index (χ3n) is 7.13. The van der Waals surface area contributed by atoms with Crippen molar-refractivity contribution in [2.75, 3.05) is 0 Å². The molecule has 0 spiro atoms. The highest BCUT2D eigenvalue weighted by Gasteiger charge is 2.36. The topological polar surface area (TPSA) is 38.7 Å². The van der Waals surface area contributed by atoms with Gasteiger partial charge in [-0.1, -0.05) is 83.1 Å². The van der Waals surface area contributed by atoms with Crippen LogP contribution in [0.15, 0.2) is 12.1 Å². The Labute approximate surface area is 215 Å². The SMILES string of the molecule is Cc1c(C(C)(C)C)cc2c(c1C(C)(C)C)Cc1c(cc(C(C)(C)C)c(C)c1C(C)(C)C)OP(O)O2. The van der Waals surface area contributed by atoms with E-state index < -0.39 is 8.60 Å².